The molecule has 0 bridgehead atoms. The smallest absolute Gasteiger partial charge is 0.319 e. The molecule has 1 rings (SSSR count). The van der Waals surface area contributed by atoms with Gasteiger partial charge in [-0.05, 0) is 31.5 Å². The fourth-order valence-corrected chi connectivity index (χ4v) is 4.41. The molecule has 0 fully saturated rings. The van der Waals surface area contributed by atoms with E-state index in [0.717, 1.165) is 16.8 Å². The van der Waals surface area contributed by atoms with Crippen LogP contribution in [-0.2, 0) is 10.0 Å². The molecule has 0 aliphatic rings. The number of anilines is 1. The Hall–Kier alpha value is -1.58. The Morgan fingerprint density at radius 1 is 1.23 bits per heavy atom. The van der Waals surface area contributed by atoms with Crippen molar-refractivity contribution >= 4 is 29.8 Å². The maximum absolute atomic E-state index is 12.3. The van der Waals surface area contributed by atoms with E-state index < -0.39 is 18.1 Å². The molecule has 0 saturated heterocycles. The van der Waals surface area contributed by atoms with Gasteiger partial charge in [0, 0.05) is 28.7 Å². The van der Waals surface area contributed by atoms with E-state index in [1.165, 1.54) is 26.2 Å². The molecule has 0 aliphatic carbocycles. The number of benzene rings is 1. The van der Waals surface area contributed by atoms with Crippen molar-refractivity contribution in [2.45, 2.75) is 43.9 Å². The molecule has 1 aromatic rings. The highest BCUT2D eigenvalue weighted by molar-refractivity contribution is 7.89. The van der Waals surface area contributed by atoms with E-state index in [-0.39, 0.29) is 10.9 Å². The Labute approximate surface area is 158 Å². The lowest BCUT2D eigenvalue weighted by Gasteiger charge is -2.17. The lowest BCUT2D eigenvalue weighted by molar-refractivity contribution is 0.252. The molecular weight excluding hydrogens is 370 g/mol. The zero-order valence-electron chi connectivity index (χ0n) is 16.5. The van der Waals surface area contributed by atoms with E-state index >= 15 is 0 Å². The van der Waals surface area contributed by atoms with Crippen LogP contribution < -0.4 is 15.4 Å². The normalized spacial score (nSPS) is 12.1. The summed E-state index contributed by atoms with van der Waals surface area (Å²) in [6.45, 7) is 9.68. The van der Waals surface area contributed by atoms with Crippen LogP contribution in [0.5, 0.6) is 5.75 Å². The van der Waals surface area contributed by atoms with Gasteiger partial charge in [-0.3, -0.25) is 0 Å². The molecule has 0 heterocycles. The van der Waals surface area contributed by atoms with Crippen LogP contribution in [0.15, 0.2) is 23.1 Å². The van der Waals surface area contributed by atoms with Gasteiger partial charge in [-0.25, -0.2) is 17.5 Å². The Morgan fingerprint density at radius 3 is 2.42 bits per heavy atom. The number of ether oxygens (including phenoxy) is 1. The van der Waals surface area contributed by atoms with Gasteiger partial charge < -0.3 is 15.4 Å². The van der Waals surface area contributed by atoms with Crippen LogP contribution in [0.3, 0.4) is 0 Å². The first-order chi connectivity index (χ1) is 12.0. The van der Waals surface area contributed by atoms with Gasteiger partial charge in [-0.2, -0.15) is 0 Å². The second-order valence-corrected chi connectivity index (χ2v) is 15.2. The number of sulfonamides is 1. The van der Waals surface area contributed by atoms with Crippen LogP contribution in [0.25, 0.3) is 0 Å². The van der Waals surface area contributed by atoms with Crippen LogP contribution >= 0.6 is 0 Å². The van der Waals surface area contributed by atoms with Crippen LogP contribution in [0.4, 0.5) is 10.5 Å². The second-order valence-electron chi connectivity index (χ2n) is 7.42. The van der Waals surface area contributed by atoms with Crippen LogP contribution in [0.2, 0.25) is 25.7 Å². The summed E-state index contributed by atoms with van der Waals surface area (Å²) in [6, 6.07) is 5.20. The average molecular weight is 402 g/mol. The first-order valence-corrected chi connectivity index (χ1v) is 13.9. The number of urea groups is 1. The predicted octanol–water partition coefficient (Wildman–Crippen LogP) is 3.19. The van der Waals surface area contributed by atoms with Gasteiger partial charge in [-0.1, -0.05) is 25.7 Å². The Balaban J connectivity index is 2.87. The predicted molar refractivity (Wildman–Crippen MR) is 108 cm³/mol. The molecule has 0 radical (unpaired) electrons. The summed E-state index contributed by atoms with van der Waals surface area (Å²) in [6.07, 6.45) is 0.927. The van der Waals surface area contributed by atoms with Gasteiger partial charge in [0.15, 0.2) is 0 Å². The molecule has 0 saturated carbocycles. The molecule has 0 atom stereocenters. The molecule has 148 valence electrons. The van der Waals surface area contributed by atoms with Gasteiger partial charge in [0.25, 0.3) is 0 Å². The molecule has 7 nitrogen and oxygen atoms in total. The number of carbonyl (C=O) groups is 1. The number of amides is 2. The van der Waals surface area contributed by atoms with Crippen molar-refractivity contribution in [3.63, 3.8) is 0 Å². The van der Waals surface area contributed by atoms with Crippen molar-refractivity contribution in [3.05, 3.63) is 18.2 Å². The second kappa shape index (κ2) is 9.38. The number of nitrogens with zero attached hydrogens (tertiary/aromatic N) is 1. The fourth-order valence-electron chi connectivity index (χ4n) is 2.25. The first kappa shape index (κ1) is 22.5. The topological polar surface area (TPSA) is 87.7 Å². The molecule has 0 unspecified atom stereocenters. The third-order valence-corrected chi connectivity index (χ3v) is 7.33. The lowest BCUT2D eigenvalue weighted by atomic mass is 10.3. The zero-order chi connectivity index (χ0) is 20.0. The number of carbonyl (C=O) groups excluding carboxylic acids is 1. The number of hydrogen-bond donors (Lipinski definition) is 2. The zero-order valence-corrected chi connectivity index (χ0v) is 18.4. The molecule has 1 aromatic carbocycles. The molecule has 0 spiro atoms. The van der Waals surface area contributed by atoms with E-state index in [4.69, 9.17) is 4.74 Å². The largest absolute Gasteiger partial charge is 0.492 e. The van der Waals surface area contributed by atoms with Gasteiger partial charge in [0.1, 0.15) is 5.75 Å². The Morgan fingerprint density at radius 2 is 1.88 bits per heavy atom. The van der Waals surface area contributed by atoms with Crippen LogP contribution in [-0.4, -0.2) is 54.1 Å². The van der Waals surface area contributed by atoms with Crippen molar-refractivity contribution in [2.75, 3.05) is 32.6 Å². The summed E-state index contributed by atoms with van der Waals surface area (Å²) in [5.41, 5.74) is 0.331. The van der Waals surface area contributed by atoms with Crippen molar-refractivity contribution < 1.29 is 17.9 Å². The highest BCUT2D eigenvalue weighted by Crippen LogP contribution is 2.28. The third kappa shape index (κ3) is 6.97. The van der Waals surface area contributed by atoms with E-state index in [0.29, 0.717) is 24.6 Å². The Bertz CT molecular complexity index is 715. The average Bonchev–Trinajstić information content (AvgIpc) is 2.52. The molecule has 0 aliphatic heterocycles. The number of rotatable bonds is 9. The molecule has 2 N–H and O–H groups in total. The van der Waals surface area contributed by atoms with Gasteiger partial charge in [0.05, 0.1) is 17.2 Å². The van der Waals surface area contributed by atoms with E-state index in [1.54, 1.807) is 6.07 Å². The van der Waals surface area contributed by atoms with Gasteiger partial charge in [-0.15, -0.1) is 0 Å². The van der Waals surface area contributed by atoms with Crippen molar-refractivity contribution in [1.29, 1.82) is 0 Å². The minimum absolute atomic E-state index is 0.0972. The minimum Gasteiger partial charge on any atom is -0.492 e. The summed E-state index contributed by atoms with van der Waals surface area (Å²) < 4.78 is 31.2. The van der Waals surface area contributed by atoms with E-state index in [1.807, 2.05) is 6.92 Å². The van der Waals surface area contributed by atoms with E-state index in [2.05, 4.69) is 30.3 Å². The molecular formula is C17H31N3O4SSi. The summed E-state index contributed by atoms with van der Waals surface area (Å²) in [5, 5.41) is 5.51. The molecule has 26 heavy (non-hydrogen) atoms. The van der Waals surface area contributed by atoms with E-state index in [9.17, 15) is 13.2 Å². The summed E-state index contributed by atoms with van der Waals surface area (Å²) in [5.74, 6) is 0.433. The lowest BCUT2D eigenvalue weighted by Crippen LogP contribution is -2.31. The highest BCUT2D eigenvalue weighted by atomic mass is 32.2. The summed E-state index contributed by atoms with van der Waals surface area (Å²) in [4.78, 5) is 12.3. The number of hydrogen-bond acceptors (Lipinski definition) is 4. The minimum atomic E-state index is -3.59. The maximum atomic E-state index is 12.3. The Kier molecular flexibility index (Phi) is 8.10. The molecule has 0 aromatic heterocycles. The van der Waals surface area contributed by atoms with Crippen molar-refractivity contribution in [3.8, 4) is 5.75 Å². The summed E-state index contributed by atoms with van der Waals surface area (Å²) in [7, 11) is -1.79. The SMILES string of the molecule is CCOc1ccc(S(=O)(=O)N(C)C)cc1NC(=O)NCCC[Si](C)(C)C. The molecule has 2 amide bonds. The van der Waals surface area contributed by atoms with Crippen molar-refractivity contribution in [1.82, 2.24) is 9.62 Å². The summed E-state index contributed by atoms with van der Waals surface area (Å²) >= 11 is 0. The number of nitrogens with one attached hydrogen (secondary N) is 2. The van der Waals surface area contributed by atoms with Crippen molar-refractivity contribution in [2.24, 2.45) is 0 Å². The molecule has 9 heteroatoms. The third-order valence-electron chi connectivity index (χ3n) is 3.67. The van der Waals surface area contributed by atoms with Gasteiger partial charge >= 0.3 is 6.03 Å². The monoisotopic (exact) mass is 401 g/mol. The van der Waals surface area contributed by atoms with Gasteiger partial charge in [0.2, 0.25) is 10.0 Å². The first-order valence-electron chi connectivity index (χ1n) is 8.71. The van der Waals surface area contributed by atoms with Crippen LogP contribution in [0, 0.1) is 0 Å². The highest BCUT2D eigenvalue weighted by Gasteiger charge is 2.20. The fraction of sp³-hybridized carbons (Fsp3) is 0.588. The standard InChI is InChI=1S/C17H31N3O4SSi/c1-7-24-16-10-9-14(25(22,23)20(2)3)13-15(16)19-17(21)18-11-8-12-26(4,5)6/h9-10,13H,7-8,11-12H2,1-6H3,(H2,18,19,21). The van der Waals surface area contributed by atoms with Crippen LogP contribution in [0.1, 0.15) is 13.3 Å². The quantitative estimate of drug-likeness (QED) is 0.491. The maximum Gasteiger partial charge on any atom is 0.319 e.